The molecule has 0 aliphatic heterocycles. The Bertz CT molecular complexity index is 440. The van der Waals surface area contributed by atoms with Crippen LogP contribution in [-0.2, 0) is 0 Å². The Labute approximate surface area is 106 Å². The third kappa shape index (κ3) is 3.32. The van der Waals surface area contributed by atoms with Crippen LogP contribution in [0.1, 0.15) is 36.0 Å². The molecule has 0 atom stereocenters. The molecule has 0 unspecified atom stereocenters. The molecule has 1 aromatic heterocycles. The monoisotopic (exact) mass is 251 g/mol. The zero-order valence-corrected chi connectivity index (χ0v) is 11.2. The van der Waals surface area contributed by atoms with Crippen molar-refractivity contribution < 1.29 is 9.90 Å². The van der Waals surface area contributed by atoms with Crippen molar-refractivity contribution in [2.75, 3.05) is 13.2 Å². The lowest BCUT2D eigenvalue weighted by Gasteiger charge is -2.24. The maximum absolute atomic E-state index is 12.3. The highest BCUT2D eigenvalue weighted by Crippen LogP contribution is 2.19. The van der Waals surface area contributed by atoms with Crippen LogP contribution in [0.5, 0.6) is 0 Å². The molecule has 17 heavy (non-hydrogen) atoms. The average Bonchev–Trinajstić information content (AvgIpc) is 2.74. The molecule has 0 aliphatic carbocycles. The van der Waals surface area contributed by atoms with Crippen LogP contribution < -0.4 is 0 Å². The van der Waals surface area contributed by atoms with E-state index < -0.39 is 0 Å². The molecule has 1 aromatic rings. The summed E-state index contributed by atoms with van der Waals surface area (Å²) in [6, 6.07) is 1.99. The van der Waals surface area contributed by atoms with Crippen LogP contribution in [0.25, 0.3) is 0 Å². The highest BCUT2D eigenvalue weighted by molar-refractivity contribution is 7.12. The number of hydrogen-bond acceptors (Lipinski definition) is 3. The van der Waals surface area contributed by atoms with E-state index in [4.69, 9.17) is 5.11 Å². The molecule has 0 radical (unpaired) electrons. The fraction of sp³-hybridized carbons (Fsp3) is 0.462. The maximum atomic E-state index is 12.3. The highest BCUT2D eigenvalue weighted by atomic mass is 32.1. The van der Waals surface area contributed by atoms with Crippen molar-refractivity contribution in [1.29, 1.82) is 0 Å². The number of amides is 1. The smallest absolute Gasteiger partial charge is 0.265 e. The molecule has 1 N–H and O–H groups in total. The third-order valence-corrected chi connectivity index (χ3v) is 3.29. The van der Waals surface area contributed by atoms with Gasteiger partial charge in [-0.2, -0.15) is 0 Å². The molecule has 0 saturated heterocycles. The Morgan fingerprint density at radius 1 is 1.59 bits per heavy atom. The standard InChI is InChI=1S/C13H17NO2S/c1-4-14(10(2)3)13(16)12-11(6-5-8-15)7-9-17-12/h7,9-10,15H,4,8H2,1-3H3. The summed E-state index contributed by atoms with van der Waals surface area (Å²) in [5.41, 5.74) is 0.702. The predicted molar refractivity (Wildman–Crippen MR) is 70.1 cm³/mol. The largest absolute Gasteiger partial charge is 0.384 e. The number of hydrogen-bond donors (Lipinski definition) is 1. The average molecular weight is 251 g/mol. The molecular weight excluding hydrogens is 234 g/mol. The van der Waals surface area contributed by atoms with Crippen LogP contribution >= 0.6 is 11.3 Å². The van der Waals surface area contributed by atoms with Crippen molar-refractivity contribution in [2.45, 2.75) is 26.8 Å². The fourth-order valence-corrected chi connectivity index (χ4v) is 2.39. The quantitative estimate of drug-likeness (QED) is 0.834. The van der Waals surface area contributed by atoms with Gasteiger partial charge in [-0.3, -0.25) is 4.79 Å². The number of thiophene rings is 1. The Hall–Kier alpha value is -1.31. The summed E-state index contributed by atoms with van der Waals surface area (Å²) in [5.74, 6) is 5.39. The van der Waals surface area contributed by atoms with Crippen LogP contribution in [0, 0.1) is 11.8 Å². The first-order valence-corrected chi connectivity index (χ1v) is 6.48. The van der Waals surface area contributed by atoms with Gasteiger partial charge in [-0.25, -0.2) is 0 Å². The van der Waals surface area contributed by atoms with Gasteiger partial charge < -0.3 is 10.0 Å². The van der Waals surface area contributed by atoms with Crippen LogP contribution in [0.3, 0.4) is 0 Å². The highest BCUT2D eigenvalue weighted by Gasteiger charge is 2.20. The Morgan fingerprint density at radius 2 is 2.29 bits per heavy atom. The van der Waals surface area contributed by atoms with Crippen molar-refractivity contribution in [3.63, 3.8) is 0 Å². The van der Waals surface area contributed by atoms with Crippen molar-refractivity contribution in [3.8, 4) is 11.8 Å². The second kappa shape index (κ2) is 6.43. The second-order valence-electron chi connectivity index (χ2n) is 3.81. The van der Waals surface area contributed by atoms with Crippen molar-refractivity contribution in [3.05, 3.63) is 21.9 Å². The van der Waals surface area contributed by atoms with Gasteiger partial charge in [0.25, 0.3) is 5.91 Å². The number of carbonyl (C=O) groups excluding carboxylic acids is 1. The molecule has 1 amide bonds. The summed E-state index contributed by atoms with van der Waals surface area (Å²) in [4.78, 5) is 14.7. The van der Waals surface area contributed by atoms with E-state index in [1.165, 1.54) is 11.3 Å². The molecule has 1 heterocycles. The third-order valence-electron chi connectivity index (χ3n) is 2.39. The summed E-state index contributed by atoms with van der Waals surface area (Å²) in [7, 11) is 0. The van der Waals surface area contributed by atoms with E-state index in [0.717, 1.165) is 0 Å². The second-order valence-corrected chi connectivity index (χ2v) is 4.72. The Morgan fingerprint density at radius 3 is 2.82 bits per heavy atom. The molecule has 4 heteroatoms. The first-order valence-electron chi connectivity index (χ1n) is 5.60. The van der Waals surface area contributed by atoms with Gasteiger partial charge in [0.1, 0.15) is 11.5 Å². The van der Waals surface area contributed by atoms with Crippen molar-refractivity contribution in [2.24, 2.45) is 0 Å². The van der Waals surface area contributed by atoms with Crippen LogP contribution in [-0.4, -0.2) is 35.1 Å². The number of nitrogens with zero attached hydrogens (tertiary/aromatic N) is 1. The zero-order valence-electron chi connectivity index (χ0n) is 10.4. The van der Waals surface area contributed by atoms with Gasteiger partial charge in [-0.05, 0) is 32.2 Å². The lowest BCUT2D eigenvalue weighted by atomic mass is 10.2. The SMILES string of the molecule is CCN(C(=O)c1sccc1C#CCO)C(C)C. The number of rotatable bonds is 3. The Balaban J connectivity index is 3.00. The summed E-state index contributed by atoms with van der Waals surface area (Å²) >= 11 is 1.39. The molecule has 0 bridgehead atoms. The normalized spacial score (nSPS) is 9.94. The summed E-state index contributed by atoms with van der Waals surface area (Å²) in [6.07, 6.45) is 0. The summed E-state index contributed by atoms with van der Waals surface area (Å²) in [5, 5.41) is 10.5. The van der Waals surface area contributed by atoms with Crippen LogP contribution in [0.2, 0.25) is 0 Å². The van der Waals surface area contributed by atoms with Crippen molar-refractivity contribution >= 4 is 17.2 Å². The van der Waals surface area contributed by atoms with E-state index in [9.17, 15) is 4.79 Å². The lowest BCUT2D eigenvalue weighted by Crippen LogP contribution is -2.36. The van der Waals surface area contributed by atoms with E-state index in [1.807, 2.05) is 32.2 Å². The Kier molecular flexibility index (Phi) is 5.20. The number of aliphatic hydroxyl groups excluding tert-OH is 1. The zero-order chi connectivity index (χ0) is 12.8. The number of carbonyl (C=O) groups is 1. The van der Waals surface area contributed by atoms with Gasteiger partial charge in [-0.1, -0.05) is 11.8 Å². The van der Waals surface area contributed by atoms with E-state index in [0.29, 0.717) is 17.0 Å². The molecule has 0 saturated carbocycles. The summed E-state index contributed by atoms with van der Waals surface area (Å²) in [6.45, 7) is 6.44. The minimum atomic E-state index is -0.189. The molecule has 92 valence electrons. The minimum absolute atomic E-state index is 0.0136. The van der Waals surface area contributed by atoms with Gasteiger partial charge in [0, 0.05) is 18.2 Å². The number of aliphatic hydroxyl groups is 1. The predicted octanol–water partition coefficient (Wildman–Crippen LogP) is 1.96. The van der Waals surface area contributed by atoms with E-state index >= 15 is 0 Å². The molecule has 1 rings (SSSR count). The van der Waals surface area contributed by atoms with Gasteiger partial charge in [-0.15, -0.1) is 11.3 Å². The first kappa shape index (κ1) is 13.8. The van der Waals surface area contributed by atoms with E-state index in [-0.39, 0.29) is 18.6 Å². The minimum Gasteiger partial charge on any atom is -0.384 e. The maximum Gasteiger partial charge on any atom is 0.265 e. The van der Waals surface area contributed by atoms with Crippen molar-refractivity contribution in [1.82, 2.24) is 4.90 Å². The molecule has 3 nitrogen and oxygen atoms in total. The van der Waals surface area contributed by atoms with Crippen LogP contribution in [0.15, 0.2) is 11.4 Å². The van der Waals surface area contributed by atoms with E-state index in [2.05, 4.69) is 11.8 Å². The van der Waals surface area contributed by atoms with Crippen LogP contribution in [0.4, 0.5) is 0 Å². The molecule has 0 spiro atoms. The van der Waals surface area contributed by atoms with Gasteiger partial charge in [0.05, 0.1) is 0 Å². The topological polar surface area (TPSA) is 40.5 Å². The molecular formula is C13H17NO2S. The molecule has 0 aromatic carbocycles. The molecule has 0 fully saturated rings. The van der Waals surface area contributed by atoms with Gasteiger partial charge in [0.15, 0.2) is 0 Å². The first-order chi connectivity index (χ1) is 8.11. The van der Waals surface area contributed by atoms with Gasteiger partial charge in [0.2, 0.25) is 0 Å². The van der Waals surface area contributed by atoms with E-state index in [1.54, 1.807) is 4.90 Å². The summed E-state index contributed by atoms with van der Waals surface area (Å²) < 4.78 is 0. The lowest BCUT2D eigenvalue weighted by molar-refractivity contribution is 0.0721. The molecule has 0 aliphatic rings. The fourth-order valence-electron chi connectivity index (χ4n) is 1.58. The van der Waals surface area contributed by atoms with Gasteiger partial charge >= 0.3 is 0 Å².